The van der Waals surface area contributed by atoms with E-state index in [4.69, 9.17) is 20.3 Å². The molecule has 0 bridgehead atoms. The third-order valence-electron chi connectivity index (χ3n) is 2.02. The summed E-state index contributed by atoms with van der Waals surface area (Å²) >= 11 is 0. The lowest BCUT2D eigenvalue weighted by atomic mass is 10.1. The Bertz CT molecular complexity index is 177. The van der Waals surface area contributed by atoms with E-state index < -0.39 is 24.6 Å². The van der Waals surface area contributed by atoms with Crippen molar-refractivity contribution in [3.8, 4) is 0 Å². The molecule has 5 atom stereocenters. The summed E-state index contributed by atoms with van der Waals surface area (Å²) in [6.45, 7) is 1.63. The Labute approximate surface area is 82.2 Å². The van der Waals surface area contributed by atoms with Gasteiger partial charge in [0.05, 0.1) is 13.2 Å². The van der Waals surface area contributed by atoms with Crippen molar-refractivity contribution in [3.05, 3.63) is 0 Å². The minimum Gasteiger partial charge on any atom is -0.394 e. The summed E-state index contributed by atoms with van der Waals surface area (Å²) in [5.74, 6) is 0. The summed E-state index contributed by atoms with van der Waals surface area (Å²) < 4.78 is 10.2. The first-order valence-corrected chi connectivity index (χ1v) is 4.56. The lowest BCUT2D eigenvalue weighted by molar-refractivity contribution is -0.170. The maximum absolute atomic E-state index is 9.42. The molecular formula is C8H17NO5. The largest absolute Gasteiger partial charge is 0.394 e. The van der Waals surface area contributed by atoms with Crippen LogP contribution in [0, 0.1) is 0 Å². The maximum Gasteiger partial charge on any atom is 0.186 e. The number of aliphatic hydroxyl groups excluding tert-OH is 3. The third kappa shape index (κ3) is 2.63. The summed E-state index contributed by atoms with van der Waals surface area (Å²) in [5, 5.41) is 27.5. The van der Waals surface area contributed by atoms with E-state index in [1.54, 1.807) is 6.92 Å². The molecule has 14 heavy (non-hydrogen) atoms. The molecule has 5 N–H and O–H groups in total. The summed E-state index contributed by atoms with van der Waals surface area (Å²) in [6, 6.07) is -0.170. The van der Waals surface area contributed by atoms with Crippen LogP contribution in [0.2, 0.25) is 0 Å². The highest BCUT2D eigenvalue weighted by atomic mass is 16.7. The highest BCUT2D eigenvalue weighted by Gasteiger charge is 2.42. The SMILES string of the molecule is CC(N)COC1OC(CO)C(O)C1O. The summed E-state index contributed by atoms with van der Waals surface area (Å²) in [4.78, 5) is 0. The van der Waals surface area contributed by atoms with Crippen molar-refractivity contribution in [2.75, 3.05) is 13.2 Å². The fourth-order valence-electron chi connectivity index (χ4n) is 1.25. The van der Waals surface area contributed by atoms with Gasteiger partial charge in [0.2, 0.25) is 0 Å². The van der Waals surface area contributed by atoms with Crippen LogP contribution < -0.4 is 5.73 Å². The van der Waals surface area contributed by atoms with Crippen LogP contribution in [0.1, 0.15) is 6.92 Å². The third-order valence-corrected chi connectivity index (χ3v) is 2.02. The zero-order chi connectivity index (χ0) is 10.7. The zero-order valence-corrected chi connectivity index (χ0v) is 8.04. The van der Waals surface area contributed by atoms with Gasteiger partial charge in [0, 0.05) is 6.04 Å². The Hall–Kier alpha value is -0.240. The van der Waals surface area contributed by atoms with Crippen molar-refractivity contribution in [3.63, 3.8) is 0 Å². The topological polar surface area (TPSA) is 105 Å². The Kier molecular flexibility index (Phi) is 4.24. The fourth-order valence-corrected chi connectivity index (χ4v) is 1.25. The van der Waals surface area contributed by atoms with E-state index in [1.165, 1.54) is 0 Å². The summed E-state index contributed by atoms with van der Waals surface area (Å²) in [7, 11) is 0. The van der Waals surface area contributed by atoms with Gasteiger partial charge >= 0.3 is 0 Å². The van der Waals surface area contributed by atoms with Gasteiger partial charge in [-0.25, -0.2) is 0 Å². The van der Waals surface area contributed by atoms with Gasteiger partial charge in [-0.05, 0) is 6.92 Å². The molecule has 84 valence electrons. The first-order chi connectivity index (χ1) is 6.56. The van der Waals surface area contributed by atoms with Gasteiger partial charge in [-0.1, -0.05) is 0 Å². The van der Waals surface area contributed by atoms with Gasteiger partial charge in [-0.3, -0.25) is 0 Å². The fraction of sp³-hybridized carbons (Fsp3) is 1.00. The molecule has 1 fully saturated rings. The standard InChI is InChI=1S/C8H17NO5/c1-4(9)3-13-8-7(12)6(11)5(2-10)14-8/h4-8,10-12H,2-3,9H2,1H3. The quantitative estimate of drug-likeness (QED) is 0.416. The molecule has 1 aliphatic rings. The van der Waals surface area contributed by atoms with E-state index in [9.17, 15) is 10.2 Å². The van der Waals surface area contributed by atoms with Crippen LogP contribution in [0.25, 0.3) is 0 Å². The van der Waals surface area contributed by atoms with Gasteiger partial charge in [-0.2, -0.15) is 0 Å². The van der Waals surface area contributed by atoms with Crippen LogP contribution in [0.15, 0.2) is 0 Å². The molecule has 0 aromatic heterocycles. The summed E-state index contributed by atoms with van der Waals surface area (Å²) in [5.41, 5.74) is 5.44. The molecule has 0 saturated carbocycles. The van der Waals surface area contributed by atoms with Gasteiger partial charge in [0.1, 0.15) is 18.3 Å². The molecule has 0 aliphatic carbocycles. The zero-order valence-electron chi connectivity index (χ0n) is 8.04. The van der Waals surface area contributed by atoms with Crippen LogP contribution >= 0.6 is 0 Å². The van der Waals surface area contributed by atoms with E-state index in [-0.39, 0.29) is 19.3 Å². The maximum atomic E-state index is 9.42. The van der Waals surface area contributed by atoms with Crippen LogP contribution in [0.4, 0.5) is 0 Å². The second-order valence-corrected chi connectivity index (χ2v) is 3.52. The molecule has 5 unspecified atom stereocenters. The second-order valence-electron chi connectivity index (χ2n) is 3.52. The lowest BCUT2D eigenvalue weighted by Crippen LogP contribution is -2.36. The number of nitrogens with two attached hydrogens (primary N) is 1. The van der Waals surface area contributed by atoms with E-state index >= 15 is 0 Å². The molecule has 1 heterocycles. The van der Waals surface area contributed by atoms with E-state index in [1.807, 2.05) is 0 Å². The van der Waals surface area contributed by atoms with Crippen molar-refractivity contribution in [2.24, 2.45) is 5.73 Å². The average molecular weight is 207 g/mol. The highest BCUT2D eigenvalue weighted by Crippen LogP contribution is 2.21. The van der Waals surface area contributed by atoms with Gasteiger partial charge in [0.25, 0.3) is 0 Å². The minimum atomic E-state index is -1.13. The molecule has 0 radical (unpaired) electrons. The second kappa shape index (κ2) is 5.01. The average Bonchev–Trinajstić information content (AvgIpc) is 2.41. The molecule has 1 rings (SSSR count). The van der Waals surface area contributed by atoms with Crippen molar-refractivity contribution in [1.82, 2.24) is 0 Å². The summed E-state index contributed by atoms with van der Waals surface area (Å²) in [6.07, 6.45) is -3.94. The van der Waals surface area contributed by atoms with Gasteiger partial charge in [0.15, 0.2) is 6.29 Å². The Morgan fingerprint density at radius 3 is 2.50 bits per heavy atom. The number of rotatable bonds is 4. The predicted octanol–water partition coefficient (Wildman–Crippen LogP) is -2.21. The number of aliphatic hydroxyl groups is 3. The monoisotopic (exact) mass is 207 g/mol. The smallest absolute Gasteiger partial charge is 0.186 e. The van der Waals surface area contributed by atoms with Crippen LogP contribution in [-0.4, -0.2) is 59.2 Å². The van der Waals surface area contributed by atoms with Crippen LogP contribution in [-0.2, 0) is 9.47 Å². The Morgan fingerprint density at radius 2 is 2.07 bits per heavy atom. The molecule has 0 spiro atoms. The number of hydrogen-bond acceptors (Lipinski definition) is 6. The Morgan fingerprint density at radius 1 is 1.43 bits per heavy atom. The van der Waals surface area contributed by atoms with Crippen LogP contribution in [0.3, 0.4) is 0 Å². The predicted molar refractivity (Wildman–Crippen MR) is 47.4 cm³/mol. The number of ether oxygens (including phenoxy) is 2. The minimum absolute atomic E-state index is 0.170. The highest BCUT2D eigenvalue weighted by molar-refractivity contribution is 4.86. The molecule has 6 heteroatoms. The van der Waals surface area contributed by atoms with Crippen molar-refractivity contribution in [1.29, 1.82) is 0 Å². The van der Waals surface area contributed by atoms with E-state index in [2.05, 4.69) is 0 Å². The molecule has 1 aliphatic heterocycles. The van der Waals surface area contributed by atoms with Crippen molar-refractivity contribution in [2.45, 2.75) is 37.6 Å². The molecule has 0 aromatic rings. The normalized spacial score (nSPS) is 40.1. The van der Waals surface area contributed by atoms with E-state index in [0.29, 0.717) is 0 Å². The lowest BCUT2D eigenvalue weighted by Gasteiger charge is -2.16. The van der Waals surface area contributed by atoms with Gasteiger partial charge in [-0.15, -0.1) is 0 Å². The number of hydrogen-bond donors (Lipinski definition) is 4. The molecule has 0 amide bonds. The molecule has 6 nitrogen and oxygen atoms in total. The first kappa shape index (κ1) is 11.8. The molecular weight excluding hydrogens is 190 g/mol. The first-order valence-electron chi connectivity index (χ1n) is 4.56. The van der Waals surface area contributed by atoms with Crippen molar-refractivity contribution < 1.29 is 24.8 Å². The van der Waals surface area contributed by atoms with Crippen molar-refractivity contribution >= 4 is 0 Å². The van der Waals surface area contributed by atoms with Gasteiger partial charge < -0.3 is 30.5 Å². The van der Waals surface area contributed by atoms with E-state index in [0.717, 1.165) is 0 Å². The van der Waals surface area contributed by atoms with Crippen LogP contribution in [0.5, 0.6) is 0 Å². The molecule has 1 saturated heterocycles. The Balaban J connectivity index is 2.40. The molecule has 0 aromatic carbocycles.